The number of hydrogen-bond donors (Lipinski definition) is 4. The maximum atomic E-state index is 12.1. The largest absolute Gasteiger partial charge is 0.504 e. The van der Waals surface area contributed by atoms with Crippen molar-refractivity contribution in [3.05, 3.63) is 48.0 Å². The maximum absolute atomic E-state index is 12.1. The van der Waals surface area contributed by atoms with E-state index >= 15 is 0 Å². The highest BCUT2D eigenvalue weighted by Gasteiger charge is 1.98. The lowest BCUT2D eigenvalue weighted by Crippen LogP contribution is -1.71. The van der Waals surface area contributed by atoms with Gasteiger partial charge in [-0.05, 0) is 24.3 Å². The van der Waals surface area contributed by atoms with Gasteiger partial charge in [0.25, 0.3) is 0 Å². The molecule has 96 valence electrons. The molecule has 0 radical (unpaired) electrons. The van der Waals surface area contributed by atoms with Crippen molar-refractivity contribution in [3.63, 3.8) is 0 Å². The second-order valence-electron chi connectivity index (χ2n) is 3.27. The summed E-state index contributed by atoms with van der Waals surface area (Å²) in [5.74, 6) is -2.62. The first kappa shape index (κ1) is 13.6. The van der Waals surface area contributed by atoms with Gasteiger partial charge in [0.1, 0.15) is 11.6 Å². The predicted molar refractivity (Wildman–Crippen MR) is 59.5 cm³/mol. The monoisotopic (exact) mass is 256 g/mol. The van der Waals surface area contributed by atoms with Crippen LogP contribution in [0.3, 0.4) is 0 Å². The van der Waals surface area contributed by atoms with E-state index in [9.17, 15) is 8.78 Å². The van der Waals surface area contributed by atoms with Gasteiger partial charge in [-0.25, -0.2) is 8.78 Å². The molecule has 0 saturated carbocycles. The second-order valence-corrected chi connectivity index (χ2v) is 3.27. The number of phenols is 4. The van der Waals surface area contributed by atoms with E-state index in [1.54, 1.807) is 0 Å². The molecule has 0 aliphatic rings. The number of aromatic hydroxyl groups is 4. The second kappa shape index (κ2) is 5.72. The van der Waals surface area contributed by atoms with E-state index in [0.29, 0.717) is 0 Å². The smallest absolute Gasteiger partial charge is 0.160 e. The van der Waals surface area contributed by atoms with Gasteiger partial charge in [0.05, 0.1) is 0 Å². The van der Waals surface area contributed by atoms with E-state index in [0.717, 1.165) is 36.4 Å². The molecule has 0 saturated heterocycles. The summed E-state index contributed by atoms with van der Waals surface area (Å²) in [6.07, 6.45) is 0. The highest BCUT2D eigenvalue weighted by atomic mass is 19.1. The summed E-state index contributed by atoms with van der Waals surface area (Å²) in [5.41, 5.74) is 0. The van der Waals surface area contributed by atoms with Gasteiger partial charge in [-0.3, -0.25) is 0 Å². The Morgan fingerprint density at radius 2 is 0.889 bits per heavy atom. The van der Waals surface area contributed by atoms with Crippen LogP contribution < -0.4 is 0 Å². The van der Waals surface area contributed by atoms with Crippen molar-refractivity contribution in [2.45, 2.75) is 0 Å². The molecule has 0 aliphatic carbocycles. The lowest BCUT2D eigenvalue weighted by Gasteiger charge is -1.93. The van der Waals surface area contributed by atoms with Gasteiger partial charge in [-0.15, -0.1) is 0 Å². The third kappa shape index (κ3) is 3.82. The SMILES string of the molecule is Oc1ccc(F)cc1O.Oc1ccc(F)cc1O. The van der Waals surface area contributed by atoms with E-state index < -0.39 is 23.1 Å². The van der Waals surface area contributed by atoms with Crippen molar-refractivity contribution in [1.29, 1.82) is 0 Å². The van der Waals surface area contributed by atoms with Crippen molar-refractivity contribution < 1.29 is 29.2 Å². The van der Waals surface area contributed by atoms with Crippen LogP contribution in [0.25, 0.3) is 0 Å². The third-order valence-corrected chi connectivity index (χ3v) is 1.87. The summed E-state index contributed by atoms with van der Waals surface area (Å²) in [6.45, 7) is 0. The molecule has 0 fully saturated rings. The van der Waals surface area contributed by atoms with Gasteiger partial charge in [-0.1, -0.05) is 0 Å². The van der Waals surface area contributed by atoms with E-state index in [2.05, 4.69) is 0 Å². The van der Waals surface area contributed by atoms with Gasteiger partial charge >= 0.3 is 0 Å². The molecule has 0 aromatic heterocycles. The van der Waals surface area contributed by atoms with Crippen LogP contribution in [0.2, 0.25) is 0 Å². The zero-order valence-corrected chi connectivity index (χ0v) is 9.01. The fourth-order valence-electron chi connectivity index (χ4n) is 0.993. The van der Waals surface area contributed by atoms with Gasteiger partial charge in [0, 0.05) is 12.1 Å². The van der Waals surface area contributed by atoms with Crippen molar-refractivity contribution in [2.75, 3.05) is 0 Å². The highest BCUT2D eigenvalue weighted by molar-refractivity contribution is 5.37. The van der Waals surface area contributed by atoms with Crippen LogP contribution >= 0.6 is 0 Å². The molecule has 0 aliphatic heterocycles. The van der Waals surface area contributed by atoms with Crippen LogP contribution in [0.5, 0.6) is 23.0 Å². The van der Waals surface area contributed by atoms with Crippen LogP contribution in [0.1, 0.15) is 0 Å². The van der Waals surface area contributed by atoms with Crippen molar-refractivity contribution in [2.24, 2.45) is 0 Å². The fourth-order valence-corrected chi connectivity index (χ4v) is 0.993. The summed E-state index contributed by atoms with van der Waals surface area (Å²) >= 11 is 0. The molecule has 18 heavy (non-hydrogen) atoms. The van der Waals surface area contributed by atoms with Gasteiger partial charge in [0.15, 0.2) is 23.0 Å². The number of phenolic OH excluding ortho intramolecular Hbond substituents is 4. The number of halogens is 2. The first-order chi connectivity index (χ1) is 8.40. The predicted octanol–water partition coefficient (Wildman–Crippen LogP) is 2.47. The molecule has 2 rings (SSSR count). The molecule has 6 heteroatoms. The van der Waals surface area contributed by atoms with Crippen LogP contribution in [0, 0.1) is 11.6 Å². The summed E-state index contributed by atoms with van der Waals surface area (Å²) < 4.78 is 24.2. The Kier molecular flexibility index (Phi) is 4.31. The van der Waals surface area contributed by atoms with Crippen molar-refractivity contribution in [1.82, 2.24) is 0 Å². The Hall–Kier alpha value is -2.50. The molecule has 0 atom stereocenters. The molecule has 2 aromatic rings. The maximum Gasteiger partial charge on any atom is 0.160 e. The molecular formula is C12H10F2O4. The van der Waals surface area contributed by atoms with Crippen molar-refractivity contribution in [3.8, 4) is 23.0 Å². The summed E-state index contributed by atoms with van der Waals surface area (Å²) in [4.78, 5) is 0. The molecule has 0 heterocycles. The Bertz CT molecular complexity index is 494. The molecule has 4 N–H and O–H groups in total. The standard InChI is InChI=1S/2C6H5FO2/c2*7-4-1-2-5(8)6(9)3-4/h2*1-3,8-9H. The molecule has 0 bridgehead atoms. The van der Waals surface area contributed by atoms with Crippen LogP contribution in [0.15, 0.2) is 36.4 Å². The highest BCUT2D eigenvalue weighted by Crippen LogP contribution is 2.24. The van der Waals surface area contributed by atoms with E-state index in [4.69, 9.17) is 20.4 Å². The van der Waals surface area contributed by atoms with E-state index in [-0.39, 0.29) is 11.5 Å². The van der Waals surface area contributed by atoms with Crippen LogP contribution in [-0.4, -0.2) is 20.4 Å². The summed E-state index contributed by atoms with van der Waals surface area (Å²) in [5, 5.41) is 34.5. The van der Waals surface area contributed by atoms with Gasteiger partial charge in [-0.2, -0.15) is 0 Å². The number of benzene rings is 2. The lowest BCUT2D eigenvalue weighted by molar-refractivity contribution is 0.400. The normalized spacial score (nSPS) is 9.44. The van der Waals surface area contributed by atoms with E-state index in [1.165, 1.54) is 0 Å². The summed E-state index contributed by atoms with van der Waals surface area (Å²) in [7, 11) is 0. The van der Waals surface area contributed by atoms with Gasteiger partial charge < -0.3 is 20.4 Å². The minimum atomic E-state index is -0.565. The molecule has 0 unspecified atom stereocenters. The Balaban J connectivity index is 0.000000180. The van der Waals surface area contributed by atoms with E-state index in [1.807, 2.05) is 0 Å². The Morgan fingerprint density at radius 3 is 1.11 bits per heavy atom. The zero-order valence-electron chi connectivity index (χ0n) is 9.01. The lowest BCUT2D eigenvalue weighted by atomic mass is 10.3. The molecule has 0 spiro atoms. The first-order valence-corrected chi connectivity index (χ1v) is 4.75. The third-order valence-electron chi connectivity index (χ3n) is 1.87. The quantitative estimate of drug-likeness (QED) is 0.546. The fraction of sp³-hybridized carbons (Fsp3) is 0. The molecule has 4 nitrogen and oxygen atoms in total. The average Bonchev–Trinajstić information content (AvgIpc) is 2.30. The van der Waals surface area contributed by atoms with Gasteiger partial charge in [0.2, 0.25) is 0 Å². The Labute approximate surface area is 101 Å². The minimum absolute atomic E-state index is 0.309. The molecular weight excluding hydrogens is 246 g/mol. The van der Waals surface area contributed by atoms with Crippen LogP contribution in [0.4, 0.5) is 8.78 Å². The van der Waals surface area contributed by atoms with Crippen LogP contribution in [-0.2, 0) is 0 Å². The topological polar surface area (TPSA) is 80.9 Å². The average molecular weight is 256 g/mol. The minimum Gasteiger partial charge on any atom is -0.504 e. The first-order valence-electron chi connectivity index (χ1n) is 4.75. The number of rotatable bonds is 0. The van der Waals surface area contributed by atoms with Crippen molar-refractivity contribution >= 4 is 0 Å². The summed E-state index contributed by atoms with van der Waals surface area (Å²) in [6, 6.07) is 5.99. The molecule has 0 amide bonds. The zero-order chi connectivity index (χ0) is 13.7. The molecule has 2 aromatic carbocycles. The number of hydrogen-bond acceptors (Lipinski definition) is 4. The Morgan fingerprint density at radius 1 is 0.556 bits per heavy atom.